The van der Waals surface area contributed by atoms with E-state index in [9.17, 15) is 0 Å². The van der Waals surface area contributed by atoms with Crippen LogP contribution in [0.2, 0.25) is 0 Å². The summed E-state index contributed by atoms with van der Waals surface area (Å²) in [5.41, 5.74) is 1.18. The summed E-state index contributed by atoms with van der Waals surface area (Å²) in [7, 11) is 1.79. The molecule has 0 spiro atoms. The summed E-state index contributed by atoms with van der Waals surface area (Å²) in [5.74, 6) is 1.74. The van der Waals surface area contributed by atoms with Gasteiger partial charge in [-0.05, 0) is 13.0 Å². The third kappa shape index (κ3) is 3.39. The summed E-state index contributed by atoms with van der Waals surface area (Å²) in [4.78, 5) is 9.89. The number of hydrogen-bond acceptors (Lipinski definition) is 4. The van der Waals surface area contributed by atoms with Gasteiger partial charge in [0, 0.05) is 30.1 Å². The first-order valence-corrected chi connectivity index (χ1v) is 8.18. The van der Waals surface area contributed by atoms with Gasteiger partial charge in [-0.25, -0.2) is 4.98 Å². The van der Waals surface area contributed by atoms with Crippen LogP contribution in [0.1, 0.15) is 27.9 Å². The van der Waals surface area contributed by atoms with Crippen LogP contribution < -0.4 is 15.4 Å². The number of aliphatic imine (C=N–C) groups is 1. The SMILES string of the molecule is CN=C(NCc1ncc(C)s1)NC1CCOc2ccccc21. The van der Waals surface area contributed by atoms with Crippen molar-refractivity contribution in [3.8, 4) is 5.75 Å². The number of aromatic nitrogens is 1. The Hall–Kier alpha value is -2.08. The first-order chi connectivity index (χ1) is 10.8. The van der Waals surface area contributed by atoms with Gasteiger partial charge >= 0.3 is 0 Å². The fourth-order valence-corrected chi connectivity index (χ4v) is 3.22. The molecule has 1 atom stereocenters. The van der Waals surface area contributed by atoms with Crippen LogP contribution in [0.4, 0.5) is 0 Å². The van der Waals surface area contributed by atoms with Crippen LogP contribution in [0.25, 0.3) is 0 Å². The molecule has 2 aromatic rings. The van der Waals surface area contributed by atoms with E-state index in [1.807, 2.05) is 24.4 Å². The zero-order chi connectivity index (χ0) is 15.4. The molecule has 1 aliphatic rings. The number of aryl methyl sites for hydroxylation is 1. The maximum absolute atomic E-state index is 5.69. The van der Waals surface area contributed by atoms with Gasteiger partial charge in [-0.1, -0.05) is 18.2 Å². The van der Waals surface area contributed by atoms with Crippen molar-refractivity contribution in [1.82, 2.24) is 15.6 Å². The molecule has 0 bridgehead atoms. The van der Waals surface area contributed by atoms with Gasteiger partial charge in [0.05, 0.1) is 19.2 Å². The van der Waals surface area contributed by atoms with Gasteiger partial charge in [0.25, 0.3) is 0 Å². The van der Waals surface area contributed by atoms with Gasteiger partial charge in [0.1, 0.15) is 10.8 Å². The Bertz CT molecular complexity index is 668. The summed E-state index contributed by atoms with van der Waals surface area (Å²) in [6.45, 7) is 3.47. The number of hydrogen-bond donors (Lipinski definition) is 2. The van der Waals surface area contributed by atoms with Crippen molar-refractivity contribution in [2.45, 2.75) is 25.9 Å². The zero-order valence-corrected chi connectivity index (χ0v) is 13.6. The van der Waals surface area contributed by atoms with E-state index >= 15 is 0 Å². The number of fused-ring (bicyclic) bond motifs is 1. The predicted octanol–water partition coefficient (Wildman–Crippen LogP) is 2.64. The third-order valence-electron chi connectivity index (χ3n) is 3.57. The molecule has 2 N–H and O–H groups in total. The van der Waals surface area contributed by atoms with Crippen LogP contribution in [0.5, 0.6) is 5.75 Å². The second-order valence-electron chi connectivity index (χ2n) is 5.16. The monoisotopic (exact) mass is 316 g/mol. The summed E-state index contributed by atoms with van der Waals surface area (Å²) < 4.78 is 5.69. The zero-order valence-electron chi connectivity index (χ0n) is 12.8. The lowest BCUT2D eigenvalue weighted by Crippen LogP contribution is -2.40. The largest absolute Gasteiger partial charge is 0.493 e. The second-order valence-corrected chi connectivity index (χ2v) is 6.48. The average molecular weight is 316 g/mol. The van der Waals surface area contributed by atoms with Crippen molar-refractivity contribution in [1.29, 1.82) is 0 Å². The minimum absolute atomic E-state index is 0.217. The highest BCUT2D eigenvalue weighted by Crippen LogP contribution is 2.31. The standard InChI is InChI=1S/C16H20N4OS/c1-11-9-18-15(22-11)10-19-16(17-2)20-13-7-8-21-14-6-4-3-5-12(13)14/h3-6,9,13H,7-8,10H2,1-2H3,(H2,17,19,20). The van der Waals surface area contributed by atoms with Gasteiger partial charge in [-0.2, -0.15) is 0 Å². The van der Waals surface area contributed by atoms with E-state index in [1.54, 1.807) is 18.4 Å². The van der Waals surface area contributed by atoms with Gasteiger partial charge in [-0.3, -0.25) is 4.99 Å². The molecule has 6 heteroatoms. The first kappa shape index (κ1) is 14.8. The second kappa shape index (κ2) is 6.79. The van der Waals surface area contributed by atoms with E-state index in [0.29, 0.717) is 6.54 Å². The van der Waals surface area contributed by atoms with Gasteiger partial charge in [0.15, 0.2) is 5.96 Å². The quantitative estimate of drug-likeness (QED) is 0.675. The summed E-state index contributed by atoms with van der Waals surface area (Å²) in [6.07, 6.45) is 2.82. The highest BCUT2D eigenvalue weighted by Gasteiger charge is 2.21. The van der Waals surface area contributed by atoms with Gasteiger partial charge < -0.3 is 15.4 Å². The molecule has 2 heterocycles. The van der Waals surface area contributed by atoms with E-state index in [0.717, 1.165) is 29.7 Å². The molecule has 0 radical (unpaired) electrons. The average Bonchev–Trinajstić information content (AvgIpc) is 2.97. The highest BCUT2D eigenvalue weighted by atomic mass is 32.1. The first-order valence-electron chi connectivity index (χ1n) is 7.36. The maximum Gasteiger partial charge on any atom is 0.191 e. The number of guanidine groups is 1. The number of benzene rings is 1. The van der Waals surface area contributed by atoms with E-state index < -0.39 is 0 Å². The van der Waals surface area contributed by atoms with Crippen molar-refractivity contribution in [2.24, 2.45) is 4.99 Å². The maximum atomic E-state index is 5.69. The van der Waals surface area contributed by atoms with Crippen molar-refractivity contribution in [3.05, 3.63) is 45.9 Å². The molecule has 0 aliphatic carbocycles. The fourth-order valence-electron chi connectivity index (χ4n) is 2.49. The lowest BCUT2D eigenvalue weighted by molar-refractivity contribution is 0.261. The Labute approximate surface area is 134 Å². The van der Waals surface area contributed by atoms with Gasteiger partial charge in [0.2, 0.25) is 0 Å². The molecule has 0 amide bonds. The number of nitrogens with zero attached hydrogens (tertiary/aromatic N) is 2. The molecule has 0 fully saturated rings. The molecular formula is C16H20N4OS. The van der Waals surface area contributed by atoms with Crippen LogP contribution in [0, 0.1) is 6.92 Å². The van der Waals surface area contributed by atoms with E-state index in [4.69, 9.17) is 4.74 Å². The lowest BCUT2D eigenvalue weighted by Gasteiger charge is -2.27. The van der Waals surface area contributed by atoms with Crippen LogP contribution in [-0.4, -0.2) is 24.6 Å². The number of nitrogens with one attached hydrogen (secondary N) is 2. The Morgan fingerprint density at radius 1 is 1.45 bits per heavy atom. The molecule has 0 saturated heterocycles. The van der Waals surface area contributed by atoms with Gasteiger partial charge in [-0.15, -0.1) is 11.3 Å². The third-order valence-corrected chi connectivity index (χ3v) is 4.48. The normalized spacial score (nSPS) is 17.5. The molecule has 22 heavy (non-hydrogen) atoms. The Morgan fingerprint density at radius 3 is 3.09 bits per heavy atom. The Balaban J connectivity index is 1.64. The van der Waals surface area contributed by atoms with E-state index in [2.05, 4.69) is 33.6 Å². The Morgan fingerprint density at radius 2 is 2.32 bits per heavy atom. The number of para-hydroxylation sites is 1. The molecular weight excluding hydrogens is 296 g/mol. The predicted molar refractivity (Wildman–Crippen MR) is 89.5 cm³/mol. The molecule has 1 aromatic heterocycles. The number of ether oxygens (including phenoxy) is 1. The van der Waals surface area contributed by atoms with E-state index in [-0.39, 0.29) is 6.04 Å². The number of thiazole rings is 1. The fraction of sp³-hybridized carbons (Fsp3) is 0.375. The summed E-state index contributed by atoms with van der Waals surface area (Å²) >= 11 is 1.70. The van der Waals surface area contributed by atoms with Crippen molar-refractivity contribution in [2.75, 3.05) is 13.7 Å². The molecule has 1 aromatic carbocycles. The van der Waals surface area contributed by atoms with Crippen LogP contribution in [-0.2, 0) is 6.54 Å². The van der Waals surface area contributed by atoms with Crippen LogP contribution in [0.15, 0.2) is 35.5 Å². The van der Waals surface area contributed by atoms with Crippen LogP contribution >= 0.6 is 11.3 Å². The minimum atomic E-state index is 0.217. The van der Waals surface area contributed by atoms with Crippen molar-refractivity contribution < 1.29 is 4.74 Å². The molecule has 1 unspecified atom stereocenters. The molecule has 1 aliphatic heterocycles. The molecule has 5 nitrogen and oxygen atoms in total. The molecule has 116 valence electrons. The van der Waals surface area contributed by atoms with E-state index in [1.165, 1.54) is 10.4 Å². The summed E-state index contributed by atoms with van der Waals surface area (Å²) in [5, 5.41) is 7.86. The summed E-state index contributed by atoms with van der Waals surface area (Å²) in [6, 6.07) is 8.37. The Kier molecular flexibility index (Phi) is 4.58. The molecule has 0 saturated carbocycles. The van der Waals surface area contributed by atoms with Crippen molar-refractivity contribution in [3.63, 3.8) is 0 Å². The van der Waals surface area contributed by atoms with Crippen molar-refractivity contribution >= 4 is 17.3 Å². The number of rotatable bonds is 3. The smallest absolute Gasteiger partial charge is 0.191 e. The van der Waals surface area contributed by atoms with Crippen LogP contribution in [0.3, 0.4) is 0 Å². The highest BCUT2D eigenvalue weighted by molar-refractivity contribution is 7.11. The minimum Gasteiger partial charge on any atom is -0.493 e. The molecule has 3 rings (SSSR count). The topological polar surface area (TPSA) is 58.5 Å². The lowest BCUT2D eigenvalue weighted by atomic mass is 10.0.